The van der Waals surface area contributed by atoms with Gasteiger partial charge in [-0.3, -0.25) is 4.79 Å². The van der Waals surface area contributed by atoms with Crippen molar-refractivity contribution < 1.29 is 4.79 Å². The highest BCUT2D eigenvalue weighted by Gasteiger charge is 2.31. The summed E-state index contributed by atoms with van der Waals surface area (Å²) in [6.07, 6.45) is 3.97. The minimum absolute atomic E-state index is 0.0775. The monoisotopic (exact) mass is 427 g/mol. The third-order valence-corrected chi connectivity index (χ3v) is 6.80. The average Bonchev–Trinajstić information content (AvgIpc) is 3.36. The Bertz CT molecular complexity index is 1010. The number of halogens is 1. The molecule has 0 saturated carbocycles. The number of hydrogen-bond acceptors (Lipinski definition) is 3. The van der Waals surface area contributed by atoms with Gasteiger partial charge in [-0.05, 0) is 60.9 Å². The van der Waals surface area contributed by atoms with Gasteiger partial charge in [0.25, 0.3) is 5.91 Å². The molecule has 0 bridgehead atoms. The molecular formula is C20H18BrN3OS. The molecule has 3 heterocycles. The van der Waals surface area contributed by atoms with Gasteiger partial charge in [0.05, 0.1) is 5.69 Å². The van der Waals surface area contributed by atoms with Crippen molar-refractivity contribution in [1.29, 1.82) is 0 Å². The highest BCUT2D eigenvalue weighted by Crippen LogP contribution is 2.31. The van der Waals surface area contributed by atoms with Gasteiger partial charge >= 0.3 is 0 Å². The smallest absolute Gasteiger partial charge is 0.274 e. The molecule has 26 heavy (non-hydrogen) atoms. The van der Waals surface area contributed by atoms with Crippen molar-refractivity contribution in [1.82, 2.24) is 14.7 Å². The number of benzene rings is 1. The third kappa shape index (κ3) is 2.63. The zero-order chi connectivity index (χ0) is 17.7. The van der Waals surface area contributed by atoms with Crippen LogP contribution >= 0.6 is 27.3 Å². The largest absolute Gasteiger partial charge is 0.333 e. The Morgan fingerprint density at radius 2 is 2.12 bits per heavy atom. The Hall–Kier alpha value is -1.92. The fraction of sp³-hybridized carbons (Fsp3) is 0.300. The molecule has 132 valence electrons. The van der Waals surface area contributed by atoms with E-state index in [2.05, 4.69) is 33.4 Å². The average molecular weight is 428 g/mol. The van der Waals surface area contributed by atoms with Crippen LogP contribution in [-0.4, -0.2) is 27.1 Å². The molecule has 6 heteroatoms. The van der Waals surface area contributed by atoms with Crippen molar-refractivity contribution >= 4 is 33.2 Å². The van der Waals surface area contributed by atoms with Gasteiger partial charge in [0.2, 0.25) is 0 Å². The van der Waals surface area contributed by atoms with Gasteiger partial charge in [-0.15, -0.1) is 11.3 Å². The Labute approximate surface area is 164 Å². The lowest BCUT2D eigenvalue weighted by molar-refractivity contribution is 0.0728. The van der Waals surface area contributed by atoms with Gasteiger partial charge in [-0.1, -0.05) is 22.0 Å². The number of nitrogens with zero attached hydrogens (tertiary/aromatic N) is 3. The fourth-order valence-corrected chi connectivity index (χ4v) is 5.28. The lowest BCUT2D eigenvalue weighted by atomic mass is 10.1. The molecule has 0 fully saturated rings. The molecule has 1 amide bonds. The summed E-state index contributed by atoms with van der Waals surface area (Å²) in [5, 5.41) is 6.89. The topological polar surface area (TPSA) is 38.1 Å². The molecule has 0 atom stereocenters. The van der Waals surface area contributed by atoms with E-state index >= 15 is 0 Å². The van der Waals surface area contributed by atoms with Crippen molar-refractivity contribution in [2.45, 2.75) is 32.2 Å². The molecule has 0 N–H and O–H groups in total. The van der Waals surface area contributed by atoms with Crippen molar-refractivity contribution in [2.24, 2.45) is 0 Å². The number of fused-ring (bicyclic) bond motifs is 2. The molecular weight excluding hydrogens is 410 g/mol. The predicted molar refractivity (Wildman–Crippen MR) is 106 cm³/mol. The summed E-state index contributed by atoms with van der Waals surface area (Å²) >= 11 is 5.33. The van der Waals surface area contributed by atoms with Gasteiger partial charge in [0.15, 0.2) is 5.69 Å². The van der Waals surface area contributed by atoms with Gasteiger partial charge < -0.3 is 4.90 Å². The molecule has 2 aliphatic rings. The van der Waals surface area contributed by atoms with E-state index in [1.54, 1.807) is 11.3 Å². The number of thiophene rings is 1. The molecule has 2 aromatic heterocycles. The van der Waals surface area contributed by atoms with Crippen LogP contribution in [0.15, 0.2) is 40.2 Å². The number of carbonyl (C=O) groups excluding carboxylic acids is 1. The van der Waals surface area contributed by atoms with Crippen molar-refractivity contribution in [3.63, 3.8) is 0 Å². The van der Waals surface area contributed by atoms with Crippen molar-refractivity contribution in [3.8, 4) is 5.69 Å². The zero-order valence-corrected chi connectivity index (χ0v) is 16.6. The fourth-order valence-electron chi connectivity index (χ4n) is 4.00. The van der Waals surface area contributed by atoms with Gasteiger partial charge in [0.1, 0.15) is 0 Å². The molecule has 1 aromatic carbocycles. The van der Waals surface area contributed by atoms with E-state index in [-0.39, 0.29) is 5.91 Å². The molecule has 4 nitrogen and oxygen atoms in total. The second-order valence-corrected chi connectivity index (χ2v) is 8.78. The van der Waals surface area contributed by atoms with Gasteiger partial charge in [-0.25, -0.2) is 4.68 Å². The molecule has 0 unspecified atom stereocenters. The summed E-state index contributed by atoms with van der Waals surface area (Å²) in [6, 6.07) is 10.3. The highest BCUT2D eigenvalue weighted by molar-refractivity contribution is 9.10. The molecule has 3 aromatic rings. The van der Waals surface area contributed by atoms with Gasteiger partial charge in [0, 0.05) is 33.7 Å². The molecule has 1 aliphatic carbocycles. The molecule has 0 saturated heterocycles. The SMILES string of the molecule is O=C(c1nn(-c2cccc(Br)c2)c2c1CCC2)N1CCc2sccc2C1. The van der Waals surface area contributed by atoms with Gasteiger partial charge in [-0.2, -0.15) is 5.10 Å². The molecule has 0 spiro atoms. The summed E-state index contributed by atoms with van der Waals surface area (Å²) < 4.78 is 2.99. The van der Waals surface area contributed by atoms with Crippen LogP contribution in [0.5, 0.6) is 0 Å². The number of carbonyl (C=O) groups is 1. The highest BCUT2D eigenvalue weighted by atomic mass is 79.9. The van der Waals surface area contributed by atoms with E-state index in [4.69, 9.17) is 5.10 Å². The first-order valence-corrected chi connectivity index (χ1v) is 10.6. The second-order valence-electron chi connectivity index (χ2n) is 6.86. The predicted octanol–water partition coefficient (Wildman–Crippen LogP) is 4.38. The van der Waals surface area contributed by atoms with Crippen molar-refractivity contribution in [2.75, 3.05) is 6.54 Å². The second kappa shape index (κ2) is 6.35. The Morgan fingerprint density at radius 1 is 1.19 bits per heavy atom. The lowest BCUT2D eigenvalue weighted by Gasteiger charge is -2.26. The normalized spacial score (nSPS) is 15.8. The number of amides is 1. The summed E-state index contributed by atoms with van der Waals surface area (Å²) in [7, 11) is 0. The first-order valence-electron chi connectivity index (χ1n) is 8.92. The van der Waals surface area contributed by atoms with E-state index in [0.29, 0.717) is 12.2 Å². The summed E-state index contributed by atoms with van der Waals surface area (Å²) in [4.78, 5) is 16.6. The van der Waals surface area contributed by atoms with E-state index < -0.39 is 0 Å². The lowest BCUT2D eigenvalue weighted by Crippen LogP contribution is -2.36. The standard InChI is InChI=1S/C20H18BrN3OS/c21-14-3-1-4-15(11-14)24-17-6-2-5-16(17)19(22-24)20(25)23-9-7-18-13(12-23)8-10-26-18/h1,3-4,8,10-11H,2,5-7,9,12H2. The van der Waals surface area contributed by atoms with Crippen LogP contribution in [0.3, 0.4) is 0 Å². The minimum atomic E-state index is 0.0775. The minimum Gasteiger partial charge on any atom is -0.333 e. The Kier molecular flexibility index (Phi) is 3.98. The first kappa shape index (κ1) is 16.3. The van der Waals surface area contributed by atoms with E-state index in [1.165, 1.54) is 16.1 Å². The van der Waals surface area contributed by atoms with Crippen molar-refractivity contribution in [3.05, 3.63) is 67.6 Å². The van der Waals surface area contributed by atoms with Crippen LogP contribution in [0.25, 0.3) is 5.69 Å². The number of hydrogen-bond donors (Lipinski definition) is 0. The summed E-state index contributed by atoms with van der Waals surface area (Å²) in [5.74, 6) is 0.0775. The maximum absolute atomic E-state index is 13.2. The quantitative estimate of drug-likeness (QED) is 0.608. The maximum Gasteiger partial charge on any atom is 0.274 e. The maximum atomic E-state index is 13.2. The Balaban J connectivity index is 1.52. The van der Waals surface area contributed by atoms with Crippen LogP contribution < -0.4 is 0 Å². The van der Waals surface area contributed by atoms with Crippen LogP contribution in [0.4, 0.5) is 0 Å². The van der Waals surface area contributed by atoms with E-state index in [0.717, 1.165) is 48.0 Å². The molecule has 5 rings (SSSR count). The van der Waals surface area contributed by atoms with Crippen LogP contribution in [0.1, 0.15) is 38.6 Å². The number of aromatic nitrogens is 2. The third-order valence-electron chi connectivity index (χ3n) is 5.28. The first-order chi connectivity index (χ1) is 12.7. The summed E-state index contributed by atoms with van der Waals surface area (Å²) in [6.45, 7) is 1.49. The summed E-state index contributed by atoms with van der Waals surface area (Å²) in [5.41, 5.74) is 5.29. The zero-order valence-electron chi connectivity index (χ0n) is 14.2. The molecule has 0 radical (unpaired) electrons. The van der Waals surface area contributed by atoms with E-state index in [1.807, 2.05) is 27.8 Å². The van der Waals surface area contributed by atoms with E-state index in [9.17, 15) is 4.79 Å². The molecule has 1 aliphatic heterocycles. The number of rotatable bonds is 2. The Morgan fingerprint density at radius 3 is 3.00 bits per heavy atom. The van der Waals surface area contributed by atoms with Crippen LogP contribution in [0.2, 0.25) is 0 Å². The van der Waals surface area contributed by atoms with Crippen LogP contribution in [-0.2, 0) is 25.8 Å². The van der Waals surface area contributed by atoms with Crippen LogP contribution in [0, 0.1) is 0 Å².